The van der Waals surface area contributed by atoms with Crippen molar-refractivity contribution in [2.75, 3.05) is 12.0 Å². The van der Waals surface area contributed by atoms with Crippen LogP contribution in [0.15, 0.2) is 35.5 Å². The summed E-state index contributed by atoms with van der Waals surface area (Å²) in [5.41, 5.74) is -1.04. The Balaban J connectivity index is 1.83. The van der Waals surface area contributed by atoms with Crippen LogP contribution in [0.25, 0.3) is 0 Å². The highest BCUT2D eigenvalue weighted by Gasteiger charge is 2.65. The summed E-state index contributed by atoms with van der Waals surface area (Å²) in [6, 6.07) is 2.25. The van der Waals surface area contributed by atoms with Crippen LogP contribution in [0, 0.1) is 27.4 Å². The molecule has 162 valence electrons. The van der Waals surface area contributed by atoms with E-state index in [2.05, 4.69) is 5.10 Å². The third kappa shape index (κ3) is 3.01. The maximum atomic E-state index is 13.6. The summed E-state index contributed by atoms with van der Waals surface area (Å²) in [7, 11) is 1.35. The van der Waals surface area contributed by atoms with Crippen molar-refractivity contribution in [2.24, 2.45) is 22.4 Å². The number of allylic oxidation sites excluding steroid dienone is 1. The van der Waals surface area contributed by atoms with E-state index in [4.69, 9.17) is 4.74 Å². The average molecular weight is 426 g/mol. The van der Waals surface area contributed by atoms with Gasteiger partial charge in [0.25, 0.3) is 5.69 Å². The second kappa shape index (κ2) is 7.00. The number of nitro benzene ring substituents is 1. The fraction of sp³-hybridized carbons (Fsp3) is 0.429. The van der Waals surface area contributed by atoms with Crippen molar-refractivity contribution >= 4 is 35.2 Å². The lowest BCUT2D eigenvalue weighted by Gasteiger charge is -2.33. The van der Waals surface area contributed by atoms with E-state index < -0.39 is 46.1 Å². The van der Waals surface area contributed by atoms with Crippen molar-refractivity contribution in [2.45, 2.75) is 32.9 Å². The van der Waals surface area contributed by atoms with Gasteiger partial charge >= 0.3 is 0 Å². The summed E-state index contributed by atoms with van der Waals surface area (Å²) in [5, 5.41) is 17.1. The molecule has 3 aliphatic heterocycles. The fourth-order valence-electron chi connectivity index (χ4n) is 4.49. The molecular formula is C21H22N4O6. The molecule has 1 aromatic rings. The first kappa shape index (κ1) is 20.7. The van der Waals surface area contributed by atoms with Crippen molar-refractivity contribution in [1.29, 1.82) is 0 Å². The van der Waals surface area contributed by atoms with Crippen LogP contribution in [0.2, 0.25) is 0 Å². The van der Waals surface area contributed by atoms with E-state index in [1.54, 1.807) is 37.9 Å². The first-order chi connectivity index (χ1) is 14.6. The van der Waals surface area contributed by atoms with Gasteiger partial charge in [0.1, 0.15) is 17.5 Å². The number of hydrazone groups is 1. The van der Waals surface area contributed by atoms with Gasteiger partial charge in [0.05, 0.1) is 29.9 Å². The molecule has 31 heavy (non-hydrogen) atoms. The number of benzene rings is 1. The Kier molecular flexibility index (Phi) is 4.68. The zero-order valence-corrected chi connectivity index (χ0v) is 17.5. The Morgan fingerprint density at radius 2 is 1.87 bits per heavy atom. The number of Topliss-reactive ketones (excluding diaryl/α,β-unsaturated/α-hetero) is 1. The van der Waals surface area contributed by atoms with Crippen LogP contribution in [0.4, 0.5) is 11.4 Å². The quantitative estimate of drug-likeness (QED) is 0.409. The number of imide groups is 1. The third-order valence-corrected chi connectivity index (χ3v) is 5.91. The lowest BCUT2D eigenvalue weighted by Crippen LogP contribution is -2.49. The number of non-ortho nitro benzene ring substituents is 1. The third-order valence-electron chi connectivity index (χ3n) is 5.91. The van der Waals surface area contributed by atoms with Gasteiger partial charge in [-0.15, -0.1) is 0 Å². The maximum Gasteiger partial charge on any atom is 0.271 e. The van der Waals surface area contributed by atoms with Gasteiger partial charge in [-0.1, -0.05) is 26.8 Å². The van der Waals surface area contributed by atoms with E-state index in [0.717, 1.165) is 11.0 Å². The van der Waals surface area contributed by atoms with Crippen LogP contribution >= 0.6 is 0 Å². The molecule has 0 aliphatic carbocycles. The minimum absolute atomic E-state index is 0.00195. The maximum absolute atomic E-state index is 13.6. The molecule has 0 bridgehead atoms. The van der Waals surface area contributed by atoms with Gasteiger partial charge in [-0.2, -0.15) is 5.10 Å². The summed E-state index contributed by atoms with van der Waals surface area (Å²) in [4.78, 5) is 51.9. The van der Waals surface area contributed by atoms with E-state index in [0.29, 0.717) is 0 Å². The molecule has 3 heterocycles. The predicted molar refractivity (Wildman–Crippen MR) is 111 cm³/mol. The number of carbonyl (C=O) groups excluding carboxylic acids is 3. The molecule has 4 rings (SSSR count). The fourth-order valence-corrected chi connectivity index (χ4v) is 4.49. The van der Waals surface area contributed by atoms with Crippen molar-refractivity contribution < 1.29 is 24.0 Å². The van der Waals surface area contributed by atoms with E-state index >= 15 is 0 Å². The average Bonchev–Trinajstić information content (AvgIpc) is 3.19. The number of rotatable bonds is 4. The zero-order valence-electron chi connectivity index (χ0n) is 17.5. The van der Waals surface area contributed by atoms with Crippen LogP contribution in [-0.4, -0.2) is 52.9 Å². The van der Waals surface area contributed by atoms with Crippen molar-refractivity contribution in [3.63, 3.8) is 0 Å². The van der Waals surface area contributed by atoms with E-state index in [9.17, 15) is 24.5 Å². The molecule has 10 nitrogen and oxygen atoms in total. The molecule has 0 saturated carbocycles. The summed E-state index contributed by atoms with van der Waals surface area (Å²) >= 11 is 0. The monoisotopic (exact) mass is 426 g/mol. The molecule has 2 saturated heterocycles. The number of nitro groups is 1. The lowest BCUT2D eigenvalue weighted by atomic mass is 9.80. The lowest BCUT2D eigenvalue weighted by molar-refractivity contribution is -0.384. The number of carbonyl (C=O) groups is 3. The van der Waals surface area contributed by atoms with Gasteiger partial charge in [-0.05, 0) is 12.1 Å². The highest BCUT2D eigenvalue weighted by atomic mass is 16.6. The number of ether oxygens (including phenoxy) is 1. The van der Waals surface area contributed by atoms with Gasteiger partial charge in [0, 0.05) is 23.8 Å². The molecule has 3 aliphatic rings. The molecule has 0 radical (unpaired) electrons. The van der Waals surface area contributed by atoms with Crippen molar-refractivity contribution in [3.05, 3.63) is 40.5 Å². The smallest absolute Gasteiger partial charge is 0.271 e. The van der Waals surface area contributed by atoms with Gasteiger partial charge in [-0.25, -0.2) is 4.90 Å². The Hall–Kier alpha value is -3.56. The Bertz CT molecular complexity index is 1060. The molecule has 4 atom stereocenters. The largest absolute Gasteiger partial charge is 0.495 e. The van der Waals surface area contributed by atoms with Crippen LogP contribution < -0.4 is 9.64 Å². The first-order valence-electron chi connectivity index (χ1n) is 9.81. The second-order valence-corrected chi connectivity index (χ2v) is 8.76. The molecular weight excluding hydrogens is 404 g/mol. The molecule has 2 amide bonds. The summed E-state index contributed by atoms with van der Waals surface area (Å²) in [5.74, 6) is -2.95. The van der Waals surface area contributed by atoms with E-state index in [1.165, 1.54) is 25.5 Å². The highest BCUT2D eigenvalue weighted by molar-refractivity contribution is 6.25. The first-order valence-corrected chi connectivity index (χ1v) is 9.81. The number of hydrogen-bond acceptors (Lipinski definition) is 8. The standard InChI is InChI=1S/C21H22N4O6/c1-21(2,3)18(26)17-16-15(12-6-5-9-22-24(12)17)19(27)23(20(16)28)13-10-11(25(29)30)7-8-14(13)31-4/h5-10,12,15-17H,1-4H3/t12-,15-,16+,17-/m1/s1. The SMILES string of the molecule is COc1ccc([N+](=O)[O-])cc1N1C(=O)[C@H]2[C@H](C1=O)[C@H](C(=O)C(C)(C)C)N1N=CC=C[C@H]21. The number of ketones is 1. The second-order valence-electron chi connectivity index (χ2n) is 8.76. The summed E-state index contributed by atoms with van der Waals surface area (Å²) in [6.45, 7) is 5.26. The van der Waals surface area contributed by atoms with Crippen molar-refractivity contribution in [1.82, 2.24) is 5.01 Å². The normalized spacial score (nSPS) is 26.8. The summed E-state index contributed by atoms with van der Waals surface area (Å²) < 4.78 is 5.26. The van der Waals surface area contributed by atoms with E-state index in [-0.39, 0.29) is 22.9 Å². The van der Waals surface area contributed by atoms with Crippen molar-refractivity contribution in [3.8, 4) is 5.75 Å². The number of hydrogen-bond donors (Lipinski definition) is 0. The van der Waals surface area contributed by atoms with Gasteiger partial charge in [-0.3, -0.25) is 29.5 Å². The Labute approximate surface area is 178 Å². The Morgan fingerprint density at radius 1 is 1.19 bits per heavy atom. The minimum Gasteiger partial charge on any atom is -0.495 e. The van der Waals surface area contributed by atoms with Crippen LogP contribution in [0.3, 0.4) is 0 Å². The molecule has 10 heteroatoms. The highest BCUT2D eigenvalue weighted by Crippen LogP contribution is 2.48. The molecule has 0 spiro atoms. The number of methoxy groups -OCH3 is 1. The van der Waals surface area contributed by atoms with Gasteiger partial charge in [0.15, 0.2) is 5.78 Å². The molecule has 2 fully saturated rings. The molecule has 1 aromatic carbocycles. The topological polar surface area (TPSA) is 122 Å². The number of fused-ring (bicyclic) bond motifs is 3. The van der Waals surface area contributed by atoms with E-state index in [1.807, 2.05) is 0 Å². The van der Waals surface area contributed by atoms with Crippen LogP contribution in [0.5, 0.6) is 5.75 Å². The molecule has 0 N–H and O–H groups in total. The number of nitrogens with zero attached hydrogens (tertiary/aromatic N) is 4. The molecule has 0 unspecified atom stereocenters. The van der Waals surface area contributed by atoms with Gasteiger partial charge < -0.3 is 4.74 Å². The van der Waals surface area contributed by atoms with Crippen LogP contribution in [-0.2, 0) is 14.4 Å². The van der Waals surface area contributed by atoms with Gasteiger partial charge in [0.2, 0.25) is 11.8 Å². The summed E-state index contributed by atoms with van der Waals surface area (Å²) in [6.07, 6.45) is 4.95. The zero-order chi connectivity index (χ0) is 22.7. The molecule has 0 aromatic heterocycles. The number of anilines is 1. The predicted octanol–water partition coefficient (Wildman–Crippen LogP) is 1.93. The Morgan fingerprint density at radius 3 is 2.48 bits per heavy atom. The van der Waals surface area contributed by atoms with Crippen LogP contribution in [0.1, 0.15) is 20.8 Å². The number of amides is 2. The minimum atomic E-state index is -0.951.